The van der Waals surface area contributed by atoms with E-state index in [0.717, 1.165) is 11.1 Å². The van der Waals surface area contributed by atoms with Crippen LogP contribution in [0.25, 0.3) is 0 Å². The molecule has 2 aromatic rings. The van der Waals surface area contributed by atoms with Gasteiger partial charge in [-0.05, 0) is 34.7 Å². The number of hydrogen-bond acceptors (Lipinski definition) is 3. The largest absolute Gasteiger partial charge is 0.434 e. The van der Waals surface area contributed by atoms with Crippen LogP contribution in [0.15, 0.2) is 48.5 Å². The molecule has 136 valence electrons. The van der Waals surface area contributed by atoms with Crippen molar-refractivity contribution >= 4 is 23.6 Å². The van der Waals surface area contributed by atoms with Crippen molar-refractivity contribution in [2.75, 3.05) is 6.54 Å². The number of halogens is 1. The van der Waals surface area contributed by atoms with Crippen LogP contribution in [0.5, 0.6) is 0 Å². The van der Waals surface area contributed by atoms with Crippen LogP contribution < -0.4 is 10.6 Å². The highest BCUT2D eigenvalue weighted by atomic mass is 35.5. The summed E-state index contributed by atoms with van der Waals surface area (Å²) in [4.78, 5) is 23.8. The lowest BCUT2D eigenvalue weighted by molar-refractivity contribution is -0.128. The van der Waals surface area contributed by atoms with Gasteiger partial charge in [0, 0.05) is 5.02 Å². The van der Waals surface area contributed by atoms with Crippen molar-refractivity contribution in [3.05, 3.63) is 70.2 Å². The number of ether oxygens (including phenoxy) is 1. The predicted molar refractivity (Wildman–Crippen MR) is 100 cm³/mol. The smallest absolute Gasteiger partial charge is 0.408 e. The average molecular weight is 373 g/mol. The number of amides is 2. The first-order valence-electron chi connectivity index (χ1n) is 8.54. The Balaban J connectivity index is 1.91. The predicted octanol–water partition coefficient (Wildman–Crippen LogP) is 3.78. The summed E-state index contributed by atoms with van der Waals surface area (Å²) in [6.07, 6.45) is -1.40. The molecule has 2 aromatic carbocycles. The van der Waals surface area contributed by atoms with E-state index in [1.807, 2.05) is 24.3 Å². The van der Waals surface area contributed by atoms with Gasteiger partial charge >= 0.3 is 6.09 Å². The molecule has 2 N–H and O–H groups in total. The highest BCUT2D eigenvalue weighted by Gasteiger charge is 2.31. The highest BCUT2D eigenvalue weighted by molar-refractivity contribution is 6.30. The fourth-order valence-electron chi connectivity index (χ4n) is 2.88. The average Bonchev–Trinajstić information content (AvgIpc) is 3.07. The van der Waals surface area contributed by atoms with E-state index >= 15 is 0 Å². The summed E-state index contributed by atoms with van der Waals surface area (Å²) in [6, 6.07) is 15.1. The van der Waals surface area contributed by atoms with Crippen LogP contribution in [0, 0.1) is 0 Å². The van der Waals surface area contributed by atoms with Gasteiger partial charge in [0.05, 0.1) is 12.6 Å². The number of nitrogens with one attached hydrogen (secondary N) is 2. The van der Waals surface area contributed by atoms with Gasteiger partial charge in [-0.3, -0.25) is 4.79 Å². The lowest BCUT2D eigenvalue weighted by Gasteiger charge is -2.22. The molecule has 1 saturated heterocycles. The van der Waals surface area contributed by atoms with Crippen LogP contribution in [-0.2, 0) is 9.53 Å². The zero-order valence-corrected chi connectivity index (χ0v) is 15.4. The zero-order valence-electron chi connectivity index (χ0n) is 14.7. The first kappa shape index (κ1) is 18.3. The van der Waals surface area contributed by atoms with E-state index in [0.29, 0.717) is 10.9 Å². The number of benzene rings is 2. The minimum absolute atomic E-state index is 0.171. The second-order valence-corrected chi connectivity index (χ2v) is 7.03. The molecule has 1 fully saturated rings. The van der Waals surface area contributed by atoms with Gasteiger partial charge in [0.15, 0.2) is 6.10 Å². The van der Waals surface area contributed by atoms with Crippen LogP contribution in [0.3, 0.4) is 0 Å². The third-order valence-corrected chi connectivity index (χ3v) is 4.63. The van der Waals surface area contributed by atoms with Crippen LogP contribution in [-0.4, -0.2) is 24.6 Å². The summed E-state index contributed by atoms with van der Waals surface area (Å²) >= 11 is 6.00. The van der Waals surface area contributed by atoms with E-state index in [1.54, 1.807) is 12.1 Å². The monoisotopic (exact) mass is 372 g/mol. The molecule has 0 aliphatic carbocycles. The third-order valence-electron chi connectivity index (χ3n) is 4.37. The Morgan fingerprint density at radius 3 is 2.46 bits per heavy atom. The normalized spacial score (nSPS) is 17.5. The molecule has 1 heterocycles. The summed E-state index contributed by atoms with van der Waals surface area (Å²) in [6.45, 7) is 4.42. The molecule has 5 nitrogen and oxygen atoms in total. The molecule has 0 radical (unpaired) electrons. The van der Waals surface area contributed by atoms with Crippen molar-refractivity contribution in [1.82, 2.24) is 10.6 Å². The first-order chi connectivity index (χ1) is 12.4. The zero-order chi connectivity index (χ0) is 18.7. The number of hydrogen-bond donors (Lipinski definition) is 2. The molecule has 0 bridgehead atoms. The topological polar surface area (TPSA) is 67.4 Å². The maximum atomic E-state index is 12.6. The Bertz CT molecular complexity index is 805. The minimum atomic E-state index is -0.828. The van der Waals surface area contributed by atoms with Crippen molar-refractivity contribution in [2.45, 2.75) is 31.9 Å². The fourth-order valence-corrected chi connectivity index (χ4v) is 3.01. The molecule has 0 unspecified atom stereocenters. The van der Waals surface area contributed by atoms with Crippen molar-refractivity contribution in [2.24, 2.45) is 0 Å². The third kappa shape index (κ3) is 4.17. The Kier molecular flexibility index (Phi) is 5.47. The van der Waals surface area contributed by atoms with Gasteiger partial charge in [0.25, 0.3) is 5.91 Å². The second kappa shape index (κ2) is 7.79. The number of alkyl carbamates (subject to hydrolysis) is 1. The van der Waals surface area contributed by atoms with Crippen LogP contribution in [0.4, 0.5) is 4.79 Å². The Morgan fingerprint density at radius 2 is 1.85 bits per heavy atom. The Labute approximate surface area is 157 Å². The number of rotatable bonds is 5. The summed E-state index contributed by atoms with van der Waals surface area (Å²) in [5, 5.41) is 6.12. The van der Waals surface area contributed by atoms with Gasteiger partial charge in [0.1, 0.15) is 0 Å². The van der Waals surface area contributed by atoms with Gasteiger partial charge < -0.3 is 15.4 Å². The molecule has 26 heavy (non-hydrogen) atoms. The lowest BCUT2D eigenvalue weighted by atomic mass is 9.94. The summed E-state index contributed by atoms with van der Waals surface area (Å²) in [5.74, 6) is 0.0368. The van der Waals surface area contributed by atoms with E-state index in [1.165, 1.54) is 5.56 Å². The van der Waals surface area contributed by atoms with Crippen molar-refractivity contribution in [3.8, 4) is 0 Å². The van der Waals surface area contributed by atoms with Gasteiger partial charge in [-0.25, -0.2) is 4.79 Å². The number of carbonyl (C=O) groups is 2. The highest BCUT2D eigenvalue weighted by Crippen LogP contribution is 2.26. The molecule has 0 saturated carbocycles. The summed E-state index contributed by atoms with van der Waals surface area (Å²) < 4.78 is 4.99. The number of cyclic esters (lactones) is 1. The van der Waals surface area contributed by atoms with Gasteiger partial charge in [-0.1, -0.05) is 61.8 Å². The van der Waals surface area contributed by atoms with E-state index in [4.69, 9.17) is 16.3 Å². The SMILES string of the molecule is CC(C)c1cccc([C@@H](NC(=O)[C@@H]2CNC(=O)O2)c2ccc(Cl)cc2)c1. The minimum Gasteiger partial charge on any atom is -0.434 e. The van der Waals surface area contributed by atoms with E-state index in [2.05, 4.69) is 36.6 Å². The van der Waals surface area contributed by atoms with E-state index in [9.17, 15) is 9.59 Å². The standard InChI is InChI=1S/C20H21ClN2O3/c1-12(2)14-4-3-5-15(10-14)18(13-6-8-16(21)9-7-13)23-19(24)17-11-22-20(25)26-17/h3-10,12,17-18H,11H2,1-2H3,(H,22,25)(H,23,24)/t17-,18-/m0/s1. The van der Waals surface area contributed by atoms with Crippen LogP contribution >= 0.6 is 11.6 Å². The van der Waals surface area contributed by atoms with Crippen LogP contribution in [0.1, 0.15) is 42.5 Å². The molecule has 2 atom stereocenters. The quantitative estimate of drug-likeness (QED) is 0.839. The number of carbonyl (C=O) groups excluding carboxylic acids is 2. The molecule has 0 aromatic heterocycles. The van der Waals surface area contributed by atoms with Crippen LogP contribution in [0.2, 0.25) is 5.02 Å². The van der Waals surface area contributed by atoms with Crippen molar-refractivity contribution in [3.63, 3.8) is 0 Å². The Morgan fingerprint density at radius 1 is 1.15 bits per heavy atom. The van der Waals surface area contributed by atoms with Gasteiger partial charge in [0.2, 0.25) is 0 Å². The molecular weight excluding hydrogens is 352 g/mol. The van der Waals surface area contributed by atoms with Crippen molar-refractivity contribution in [1.29, 1.82) is 0 Å². The maximum absolute atomic E-state index is 12.6. The molecular formula is C20H21ClN2O3. The lowest BCUT2D eigenvalue weighted by Crippen LogP contribution is -2.39. The van der Waals surface area contributed by atoms with Gasteiger partial charge in [-0.15, -0.1) is 0 Å². The summed E-state index contributed by atoms with van der Waals surface area (Å²) in [5.41, 5.74) is 3.05. The van der Waals surface area contributed by atoms with E-state index < -0.39 is 12.2 Å². The molecule has 1 aliphatic heterocycles. The molecule has 2 amide bonds. The maximum Gasteiger partial charge on any atom is 0.408 e. The van der Waals surface area contributed by atoms with Gasteiger partial charge in [-0.2, -0.15) is 0 Å². The Hall–Kier alpha value is -2.53. The van der Waals surface area contributed by atoms with E-state index in [-0.39, 0.29) is 18.5 Å². The molecule has 0 spiro atoms. The fraction of sp³-hybridized carbons (Fsp3) is 0.300. The van der Waals surface area contributed by atoms with Crippen molar-refractivity contribution < 1.29 is 14.3 Å². The first-order valence-corrected chi connectivity index (χ1v) is 8.92. The molecule has 3 rings (SSSR count). The summed E-state index contributed by atoms with van der Waals surface area (Å²) in [7, 11) is 0. The molecule has 6 heteroatoms. The second-order valence-electron chi connectivity index (χ2n) is 6.59. The molecule has 1 aliphatic rings.